The Balaban J connectivity index is 1.45. The van der Waals surface area contributed by atoms with Gasteiger partial charge in [0, 0.05) is 5.39 Å². The average Bonchev–Trinajstić information content (AvgIpc) is 3.24. The highest BCUT2D eigenvalue weighted by molar-refractivity contribution is 6.04. The topological polar surface area (TPSA) is 69.9 Å². The zero-order valence-corrected chi connectivity index (χ0v) is 16.6. The molecule has 150 valence electrons. The van der Waals surface area contributed by atoms with Gasteiger partial charge in [-0.1, -0.05) is 72.0 Å². The van der Waals surface area contributed by atoms with Crippen molar-refractivity contribution in [3.8, 4) is 0 Å². The van der Waals surface area contributed by atoms with E-state index in [4.69, 9.17) is 4.74 Å². The number of benzene rings is 3. The number of fused-ring (bicyclic) bond motifs is 2. The Hall–Kier alpha value is -4.32. The fraction of sp³-hybridized carbons (Fsp3) is 0.0400. The first-order valence-corrected chi connectivity index (χ1v) is 9.86. The van der Waals surface area contributed by atoms with Crippen LogP contribution < -0.4 is 0 Å². The highest BCUT2D eigenvalue weighted by Crippen LogP contribution is 2.21. The molecular formula is C25H18N4O2. The second-order valence-electron chi connectivity index (χ2n) is 6.99. The summed E-state index contributed by atoms with van der Waals surface area (Å²) in [6.07, 6.45) is 3.86. The highest BCUT2D eigenvalue weighted by Gasteiger charge is 2.15. The minimum absolute atomic E-state index is 0.0226. The number of aromatic nitrogens is 4. The largest absolute Gasteiger partial charge is 0.439 e. The van der Waals surface area contributed by atoms with Crippen LogP contribution in [0.3, 0.4) is 0 Å². The smallest absolute Gasteiger partial charge is 0.340 e. The quantitative estimate of drug-likeness (QED) is 0.386. The van der Waals surface area contributed by atoms with Crippen molar-refractivity contribution in [2.75, 3.05) is 0 Å². The lowest BCUT2D eigenvalue weighted by Crippen LogP contribution is -2.12. The first kappa shape index (κ1) is 18.7. The molecule has 0 aliphatic heterocycles. The van der Waals surface area contributed by atoms with E-state index in [9.17, 15) is 4.79 Å². The van der Waals surface area contributed by atoms with Crippen LogP contribution in [0, 0.1) is 0 Å². The molecule has 6 nitrogen and oxygen atoms in total. The average molecular weight is 406 g/mol. The van der Waals surface area contributed by atoms with Crippen LogP contribution in [-0.2, 0) is 11.5 Å². The Morgan fingerprint density at radius 2 is 1.61 bits per heavy atom. The Bertz CT molecular complexity index is 1410. The summed E-state index contributed by atoms with van der Waals surface area (Å²) in [5, 5.41) is 8.90. The monoisotopic (exact) mass is 406 g/mol. The van der Waals surface area contributed by atoms with Crippen LogP contribution in [0.4, 0.5) is 0 Å². The molecule has 0 unspecified atom stereocenters. The molecule has 6 heteroatoms. The number of para-hydroxylation sites is 2. The van der Waals surface area contributed by atoms with E-state index >= 15 is 0 Å². The highest BCUT2D eigenvalue weighted by atomic mass is 16.5. The molecule has 2 heterocycles. The SMILES string of the molecule is O=C(OCn1nnc2ccccc21)c1cc(/C=C/c2ccccc2)nc2ccccc12. The predicted octanol–water partition coefficient (Wildman–Crippen LogP) is 4.96. The van der Waals surface area contributed by atoms with Crippen molar-refractivity contribution in [3.05, 3.63) is 102 Å². The number of ether oxygens (including phenoxy) is 1. The van der Waals surface area contributed by atoms with Gasteiger partial charge < -0.3 is 4.74 Å². The third kappa shape index (κ3) is 3.91. The summed E-state index contributed by atoms with van der Waals surface area (Å²) in [6, 6.07) is 26.8. The van der Waals surface area contributed by atoms with E-state index in [2.05, 4.69) is 15.3 Å². The molecule has 0 aliphatic rings. The molecule has 0 saturated carbocycles. The number of hydrogen-bond acceptors (Lipinski definition) is 5. The zero-order chi connectivity index (χ0) is 21.0. The van der Waals surface area contributed by atoms with E-state index in [1.165, 1.54) is 0 Å². The molecule has 5 rings (SSSR count). The van der Waals surface area contributed by atoms with Crippen molar-refractivity contribution in [2.45, 2.75) is 6.73 Å². The lowest BCUT2D eigenvalue weighted by molar-refractivity contribution is 0.0357. The van der Waals surface area contributed by atoms with E-state index in [-0.39, 0.29) is 6.73 Å². The fourth-order valence-corrected chi connectivity index (χ4v) is 3.41. The van der Waals surface area contributed by atoms with Crippen molar-refractivity contribution >= 4 is 40.1 Å². The Morgan fingerprint density at radius 1 is 0.871 bits per heavy atom. The molecule has 0 N–H and O–H groups in total. The number of carbonyl (C=O) groups is 1. The van der Waals surface area contributed by atoms with Crippen molar-refractivity contribution < 1.29 is 9.53 Å². The number of pyridine rings is 1. The van der Waals surface area contributed by atoms with Gasteiger partial charge in [-0.3, -0.25) is 0 Å². The van der Waals surface area contributed by atoms with Crippen LogP contribution in [0.15, 0.2) is 84.9 Å². The van der Waals surface area contributed by atoms with Gasteiger partial charge in [0.05, 0.1) is 22.3 Å². The normalized spacial score (nSPS) is 11.4. The lowest BCUT2D eigenvalue weighted by atomic mass is 10.1. The third-order valence-electron chi connectivity index (χ3n) is 4.94. The molecule has 31 heavy (non-hydrogen) atoms. The molecule has 0 aliphatic carbocycles. The summed E-state index contributed by atoms with van der Waals surface area (Å²) in [7, 11) is 0. The second-order valence-corrected chi connectivity index (χ2v) is 6.99. The number of rotatable bonds is 5. The molecular weight excluding hydrogens is 388 g/mol. The van der Waals surface area contributed by atoms with E-state index in [1.807, 2.05) is 91.0 Å². The molecule has 2 aromatic heterocycles. The van der Waals surface area contributed by atoms with Crippen LogP contribution in [-0.4, -0.2) is 25.9 Å². The van der Waals surface area contributed by atoms with Gasteiger partial charge in [-0.2, -0.15) is 0 Å². The molecule has 0 bridgehead atoms. The van der Waals surface area contributed by atoms with E-state index in [1.54, 1.807) is 10.7 Å². The summed E-state index contributed by atoms with van der Waals surface area (Å²) in [5.41, 5.74) is 4.49. The van der Waals surface area contributed by atoms with Crippen LogP contribution in [0.2, 0.25) is 0 Å². The molecule has 0 saturated heterocycles. The molecule has 0 amide bonds. The summed E-state index contributed by atoms with van der Waals surface area (Å²) < 4.78 is 7.14. The van der Waals surface area contributed by atoms with Crippen molar-refractivity contribution in [2.24, 2.45) is 0 Å². The fourth-order valence-electron chi connectivity index (χ4n) is 3.41. The van der Waals surface area contributed by atoms with E-state index in [0.29, 0.717) is 11.3 Å². The van der Waals surface area contributed by atoms with Crippen molar-refractivity contribution in [1.82, 2.24) is 20.0 Å². The number of nitrogens with zero attached hydrogens (tertiary/aromatic N) is 4. The molecule has 0 atom stereocenters. The van der Waals surface area contributed by atoms with Gasteiger partial charge in [0.25, 0.3) is 0 Å². The molecule has 3 aromatic carbocycles. The van der Waals surface area contributed by atoms with Crippen molar-refractivity contribution in [3.63, 3.8) is 0 Å². The lowest BCUT2D eigenvalue weighted by Gasteiger charge is -2.09. The minimum Gasteiger partial charge on any atom is -0.439 e. The maximum absolute atomic E-state index is 13.0. The number of hydrogen-bond donors (Lipinski definition) is 0. The van der Waals surface area contributed by atoms with Gasteiger partial charge in [0.15, 0.2) is 6.73 Å². The van der Waals surface area contributed by atoms with Crippen LogP contribution in [0.1, 0.15) is 21.6 Å². The number of carbonyl (C=O) groups excluding carboxylic acids is 1. The zero-order valence-electron chi connectivity index (χ0n) is 16.6. The van der Waals surface area contributed by atoms with Gasteiger partial charge in [-0.25, -0.2) is 14.5 Å². The van der Waals surface area contributed by atoms with Gasteiger partial charge in [-0.05, 0) is 35.9 Å². The Kier molecular flexibility index (Phi) is 4.94. The second kappa shape index (κ2) is 8.20. The summed E-state index contributed by atoms with van der Waals surface area (Å²) >= 11 is 0. The van der Waals surface area contributed by atoms with Crippen LogP contribution >= 0.6 is 0 Å². The van der Waals surface area contributed by atoms with Crippen LogP contribution in [0.5, 0.6) is 0 Å². The summed E-state index contributed by atoms with van der Waals surface area (Å²) in [5.74, 6) is -0.437. The molecule has 5 aromatic rings. The van der Waals surface area contributed by atoms with Crippen LogP contribution in [0.25, 0.3) is 34.1 Å². The first-order chi connectivity index (χ1) is 15.3. The molecule has 0 radical (unpaired) electrons. The van der Waals surface area contributed by atoms with E-state index in [0.717, 1.165) is 27.5 Å². The molecule has 0 spiro atoms. The van der Waals surface area contributed by atoms with Gasteiger partial charge in [-0.15, -0.1) is 5.10 Å². The van der Waals surface area contributed by atoms with Gasteiger partial charge in [0.1, 0.15) is 5.52 Å². The van der Waals surface area contributed by atoms with E-state index < -0.39 is 5.97 Å². The first-order valence-electron chi connectivity index (χ1n) is 9.86. The predicted molar refractivity (Wildman–Crippen MR) is 120 cm³/mol. The summed E-state index contributed by atoms with van der Waals surface area (Å²) in [6.45, 7) is -0.0226. The molecule has 0 fully saturated rings. The Morgan fingerprint density at radius 3 is 2.48 bits per heavy atom. The Labute approximate surface area is 178 Å². The van der Waals surface area contributed by atoms with Gasteiger partial charge in [0.2, 0.25) is 0 Å². The van der Waals surface area contributed by atoms with Gasteiger partial charge >= 0.3 is 5.97 Å². The standard InChI is InChI=1S/C25H18N4O2/c30-25(31-17-29-24-13-7-6-12-23(24)27-28-29)21-16-19(15-14-18-8-2-1-3-9-18)26-22-11-5-4-10-20(21)22/h1-16H,17H2/b15-14+. The third-order valence-corrected chi connectivity index (χ3v) is 4.94. The maximum atomic E-state index is 13.0. The summed E-state index contributed by atoms with van der Waals surface area (Å²) in [4.78, 5) is 17.6. The maximum Gasteiger partial charge on any atom is 0.340 e. The number of esters is 1. The minimum atomic E-state index is -0.437. The van der Waals surface area contributed by atoms with Crippen molar-refractivity contribution in [1.29, 1.82) is 0 Å².